The maximum absolute atomic E-state index is 13.3. The Kier molecular flexibility index (Phi) is 4.72. The van der Waals surface area contributed by atoms with Crippen LogP contribution in [0.15, 0.2) is 48.5 Å². The minimum atomic E-state index is -0.264. The standard InChI is InChI=1S/C21H21ClFNO2/c1-24-16-8-11-19(24)20(18(12-16)13-2-6-15(23)7-3-13)21(25)26-17-9-4-14(22)5-10-17/h2-7,9-10,16,18-20H,8,11-12H2,1H3/t16-,18+,19+,20+/m0/s1. The Morgan fingerprint density at radius 1 is 1.12 bits per heavy atom. The fraction of sp³-hybridized carbons (Fsp3) is 0.381. The summed E-state index contributed by atoms with van der Waals surface area (Å²) in [5.41, 5.74) is 1.01. The Bertz CT molecular complexity index is 793. The molecule has 0 unspecified atom stereocenters. The van der Waals surface area contributed by atoms with Gasteiger partial charge >= 0.3 is 5.97 Å². The second-order valence-electron chi connectivity index (χ2n) is 7.26. The second-order valence-corrected chi connectivity index (χ2v) is 7.69. The average molecular weight is 374 g/mol. The summed E-state index contributed by atoms with van der Waals surface area (Å²) in [6.45, 7) is 0. The van der Waals surface area contributed by atoms with Gasteiger partial charge in [-0.05, 0) is 68.3 Å². The number of ether oxygens (including phenoxy) is 1. The maximum atomic E-state index is 13.3. The van der Waals surface area contributed by atoms with Gasteiger partial charge in [-0.25, -0.2) is 4.39 Å². The van der Waals surface area contributed by atoms with Gasteiger partial charge in [0.25, 0.3) is 0 Å². The number of piperidine rings is 1. The number of carbonyl (C=O) groups is 1. The molecule has 26 heavy (non-hydrogen) atoms. The van der Waals surface area contributed by atoms with Crippen molar-refractivity contribution in [2.75, 3.05) is 7.05 Å². The third-order valence-corrected chi connectivity index (χ3v) is 6.12. The number of esters is 1. The number of benzene rings is 2. The van der Waals surface area contributed by atoms with Gasteiger partial charge in [-0.3, -0.25) is 9.69 Å². The predicted molar refractivity (Wildman–Crippen MR) is 98.9 cm³/mol. The van der Waals surface area contributed by atoms with Gasteiger partial charge in [0.15, 0.2) is 0 Å². The van der Waals surface area contributed by atoms with E-state index in [9.17, 15) is 9.18 Å². The van der Waals surface area contributed by atoms with Gasteiger partial charge in [0.1, 0.15) is 11.6 Å². The van der Waals surface area contributed by atoms with Gasteiger partial charge in [0, 0.05) is 23.0 Å². The summed E-state index contributed by atoms with van der Waals surface area (Å²) in [5, 5.41) is 0.602. The monoisotopic (exact) mass is 373 g/mol. The zero-order valence-corrected chi connectivity index (χ0v) is 15.3. The molecule has 4 rings (SSSR count). The van der Waals surface area contributed by atoms with Crippen LogP contribution in [0.5, 0.6) is 5.75 Å². The number of nitrogens with zero attached hydrogens (tertiary/aromatic N) is 1. The van der Waals surface area contributed by atoms with E-state index in [2.05, 4.69) is 11.9 Å². The first kappa shape index (κ1) is 17.5. The number of fused-ring (bicyclic) bond motifs is 2. The molecule has 136 valence electrons. The lowest BCUT2D eigenvalue weighted by Crippen LogP contribution is -2.49. The van der Waals surface area contributed by atoms with Crippen LogP contribution >= 0.6 is 11.6 Å². The van der Waals surface area contributed by atoms with E-state index in [1.807, 2.05) is 0 Å². The van der Waals surface area contributed by atoms with E-state index in [0.29, 0.717) is 16.8 Å². The topological polar surface area (TPSA) is 29.5 Å². The molecule has 4 atom stereocenters. The summed E-state index contributed by atoms with van der Waals surface area (Å²) < 4.78 is 19.0. The summed E-state index contributed by atoms with van der Waals surface area (Å²) in [7, 11) is 2.09. The summed E-state index contributed by atoms with van der Waals surface area (Å²) in [5.74, 6) is -0.201. The largest absolute Gasteiger partial charge is 0.426 e. The number of halogens is 2. The maximum Gasteiger partial charge on any atom is 0.316 e. The molecule has 2 fully saturated rings. The SMILES string of the molecule is CN1[C@H]2CC[C@@H]1[C@H](C(=O)Oc1ccc(Cl)cc1)[C@@H](c1ccc(F)cc1)C2. The normalized spacial score (nSPS) is 28.1. The van der Waals surface area contributed by atoms with Crippen molar-refractivity contribution < 1.29 is 13.9 Å². The first-order valence-corrected chi connectivity index (χ1v) is 9.35. The molecule has 2 aromatic rings. The van der Waals surface area contributed by atoms with Crippen LogP contribution in [-0.4, -0.2) is 30.0 Å². The molecule has 0 N–H and O–H groups in total. The minimum absolute atomic E-state index is 0.0455. The molecule has 0 radical (unpaired) electrons. The Labute approximate surface area is 157 Å². The minimum Gasteiger partial charge on any atom is -0.426 e. The molecule has 3 nitrogen and oxygen atoms in total. The zero-order valence-electron chi connectivity index (χ0n) is 14.6. The smallest absolute Gasteiger partial charge is 0.316 e. The van der Waals surface area contributed by atoms with E-state index in [1.54, 1.807) is 36.4 Å². The van der Waals surface area contributed by atoms with Gasteiger partial charge in [-0.2, -0.15) is 0 Å². The van der Waals surface area contributed by atoms with Crippen molar-refractivity contribution in [3.63, 3.8) is 0 Å². The van der Waals surface area contributed by atoms with Crippen LogP contribution in [0.4, 0.5) is 4.39 Å². The lowest BCUT2D eigenvalue weighted by atomic mass is 9.76. The van der Waals surface area contributed by atoms with Gasteiger partial charge in [0.2, 0.25) is 0 Å². The van der Waals surface area contributed by atoms with Crippen LogP contribution in [0.25, 0.3) is 0 Å². The molecule has 2 saturated heterocycles. The zero-order chi connectivity index (χ0) is 18.3. The Hall–Kier alpha value is -1.91. The van der Waals surface area contributed by atoms with E-state index in [0.717, 1.165) is 24.8 Å². The Morgan fingerprint density at radius 3 is 2.50 bits per heavy atom. The highest BCUT2D eigenvalue weighted by Crippen LogP contribution is 2.46. The lowest BCUT2D eigenvalue weighted by molar-refractivity contribution is -0.143. The molecular formula is C21H21ClFNO2. The van der Waals surface area contributed by atoms with Crippen LogP contribution < -0.4 is 4.74 Å². The predicted octanol–water partition coefficient (Wildman–Crippen LogP) is 4.65. The summed E-state index contributed by atoms with van der Waals surface area (Å²) >= 11 is 5.91. The third kappa shape index (κ3) is 3.24. The molecule has 0 amide bonds. The number of rotatable bonds is 3. The highest BCUT2D eigenvalue weighted by atomic mass is 35.5. The van der Waals surface area contributed by atoms with Gasteiger partial charge in [-0.1, -0.05) is 23.7 Å². The first-order chi connectivity index (χ1) is 12.5. The van der Waals surface area contributed by atoms with Gasteiger partial charge < -0.3 is 4.74 Å². The molecule has 0 spiro atoms. The van der Waals surface area contributed by atoms with E-state index >= 15 is 0 Å². The number of hydrogen-bond donors (Lipinski definition) is 0. The van der Waals surface area contributed by atoms with Crippen LogP contribution in [-0.2, 0) is 4.79 Å². The number of carbonyl (C=O) groups excluding carboxylic acids is 1. The molecular weight excluding hydrogens is 353 g/mol. The van der Waals surface area contributed by atoms with Crippen molar-refractivity contribution in [3.8, 4) is 5.75 Å². The van der Waals surface area contributed by atoms with Gasteiger partial charge in [0.05, 0.1) is 5.92 Å². The van der Waals surface area contributed by atoms with Crippen molar-refractivity contribution in [1.29, 1.82) is 0 Å². The molecule has 0 aliphatic carbocycles. The Balaban J connectivity index is 1.63. The van der Waals surface area contributed by atoms with Crippen LogP contribution in [0.1, 0.15) is 30.7 Å². The van der Waals surface area contributed by atoms with E-state index in [4.69, 9.17) is 16.3 Å². The quantitative estimate of drug-likeness (QED) is 0.579. The molecule has 2 aliphatic rings. The molecule has 2 heterocycles. The lowest BCUT2D eigenvalue weighted by Gasteiger charge is -2.41. The van der Waals surface area contributed by atoms with Gasteiger partial charge in [-0.15, -0.1) is 0 Å². The van der Waals surface area contributed by atoms with Crippen molar-refractivity contribution in [2.45, 2.75) is 37.3 Å². The molecule has 2 aromatic carbocycles. The summed E-state index contributed by atoms with van der Waals surface area (Å²) in [6, 6.07) is 14.0. The average Bonchev–Trinajstić information content (AvgIpc) is 2.87. The molecule has 0 saturated carbocycles. The van der Waals surface area contributed by atoms with E-state index < -0.39 is 0 Å². The second kappa shape index (κ2) is 7.01. The summed E-state index contributed by atoms with van der Waals surface area (Å²) in [4.78, 5) is 15.4. The van der Waals surface area contributed by atoms with E-state index in [1.165, 1.54) is 12.1 Å². The number of hydrogen-bond acceptors (Lipinski definition) is 3. The van der Waals surface area contributed by atoms with Crippen molar-refractivity contribution in [1.82, 2.24) is 4.90 Å². The Morgan fingerprint density at radius 2 is 1.81 bits per heavy atom. The molecule has 0 aromatic heterocycles. The fourth-order valence-corrected chi connectivity index (χ4v) is 4.65. The molecule has 5 heteroatoms. The first-order valence-electron chi connectivity index (χ1n) is 8.97. The van der Waals surface area contributed by atoms with E-state index in [-0.39, 0.29) is 29.7 Å². The van der Waals surface area contributed by atoms with Crippen LogP contribution in [0, 0.1) is 11.7 Å². The fourth-order valence-electron chi connectivity index (χ4n) is 4.53. The van der Waals surface area contributed by atoms with Crippen LogP contribution in [0.2, 0.25) is 5.02 Å². The molecule has 2 aliphatic heterocycles. The third-order valence-electron chi connectivity index (χ3n) is 5.87. The van der Waals surface area contributed by atoms with Crippen molar-refractivity contribution in [2.24, 2.45) is 5.92 Å². The molecule has 2 bridgehead atoms. The van der Waals surface area contributed by atoms with Crippen molar-refractivity contribution >= 4 is 17.6 Å². The summed E-state index contributed by atoms with van der Waals surface area (Å²) in [6.07, 6.45) is 2.96. The van der Waals surface area contributed by atoms with Crippen LogP contribution in [0.3, 0.4) is 0 Å². The van der Waals surface area contributed by atoms with Crippen molar-refractivity contribution in [3.05, 3.63) is 64.9 Å². The highest BCUT2D eigenvalue weighted by molar-refractivity contribution is 6.30. The highest BCUT2D eigenvalue weighted by Gasteiger charge is 2.49.